The van der Waals surface area contributed by atoms with Gasteiger partial charge in [0.25, 0.3) is 0 Å². The first-order valence-corrected chi connectivity index (χ1v) is 6.72. The van der Waals surface area contributed by atoms with Crippen LogP contribution in [0.5, 0.6) is 5.75 Å². The van der Waals surface area contributed by atoms with Crippen molar-refractivity contribution in [3.63, 3.8) is 0 Å². The van der Waals surface area contributed by atoms with Gasteiger partial charge in [-0.25, -0.2) is 0 Å². The third-order valence-electron chi connectivity index (χ3n) is 3.17. The average Bonchev–Trinajstić information content (AvgIpc) is 2.89. The van der Waals surface area contributed by atoms with E-state index in [-0.39, 0.29) is 5.88 Å². The highest BCUT2D eigenvalue weighted by Crippen LogP contribution is 2.37. The summed E-state index contributed by atoms with van der Waals surface area (Å²) in [5.74, 6) is 1.00. The van der Waals surface area contributed by atoms with Gasteiger partial charge >= 0.3 is 0 Å². The molecule has 0 aliphatic carbocycles. The molecule has 0 amide bonds. The predicted octanol–water partition coefficient (Wildman–Crippen LogP) is 4.25. The van der Waals surface area contributed by atoms with E-state index < -0.39 is 0 Å². The van der Waals surface area contributed by atoms with Crippen LogP contribution >= 0.6 is 11.6 Å². The van der Waals surface area contributed by atoms with Gasteiger partial charge in [-0.05, 0) is 29.8 Å². The zero-order valence-corrected chi connectivity index (χ0v) is 12.1. The summed E-state index contributed by atoms with van der Waals surface area (Å²) in [7, 11) is 1.62. The van der Waals surface area contributed by atoms with E-state index in [0.717, 1.165) is 22.4 Å². The molecule has 0 aliphatic rings. The fraction of sp³-hybridized carbons (Fsp3) is 0.0625. The fourth-order valence-corrected chi connectivity index (χ4v) is 2.38. The van der Waals surface area contributed by atoms with Gasteiger partial charge in [0.15, 0.2) is 0 Å². The number of benzene rings is 2. The van der Waals surface area contributed by atoms with Crippen LogP contribution in [-0.2, 0) is 0 Å². The Morgan fingerprint density at radius 3 is 2.62 bits per heavy atom. The van der Waals surface area contributed by atoms with Gasteiger partial charge in [0.2, 0.25) is 5.88 Å². The Balaban J connectivity index is 2.17. The van der Waals surface area contributed by atoms with Crippen molar-refractivity contribution in [2.75, 3.05) is 12.8 Å². The monoisotopic (exact) mass is 300 g/mol. The van der Waals surface area contributed by atoms with Gasteiger partial charge in [0.1, 0.15) is 11.4 Å². The van der Waals surface area contributed by atoms with Crippen LogP contribution < -0.4 is 10.5 Å². The van der Waals surface area contributed by atoms with Crippen molar-refractivity contribution < 1.29 is 9.26 Å². The van der Waals surface area contributed by atoms with Crippen molar-refractivity contribution in [1.29, 1.82) is 0 Å². The molecule has 0 fully saturated rings. The molecule has 3 aromatic rings. The molecule has 0 saturated carbocycles. The van der Waals surface area contributed by atoms with Gasteiger partial charge in [-0.2, -0.15) is 0 Å². The maximum Gasteiger partial charge on any atom is 0.230 e. The minimum Gasteiger partial charge on any atom is -0.497 e. The summed E-state index contributed by atoms with van der Waals surface area (Å²) in [5, 5.41) is 4.70. The number of halogens is 1. The van der Waals surface area contributed by atoms with Gasteiger partial charge < -0.3 is 15.0 Å². The molecule has 4 nitrogen and oxygen atoms in total. The minimum absolute atomic E-state index is 0.259. The Labute approximate surface area is 127 Å². The van der Waals surface area contributed by atoms with Crippen LogP contribution in [0.1, 0.15) is 0 Å². The average molecular weight is 301 g/mol. The molecule has 0 bridgehead atoms. The molecular weight excluding hydrogens is 288 g/mol. The van der Waals surface area contributed by atoms with Gasteiger partial charge in [-0.3, -0.25) is 0 Å². The molecule has 0 unspecified atom stereocenters. The van der Waals surface area contributed by atoms with Crippen LogP contribution in [0.2, 0.25) is 5.02 Å². The topological polar surface area (TPSA) is 61.3 Å². The van der Waals surface area contributed by atoms with Crippen molar-refractivity contribution in [3.8, 4) is 28.1 Å². The van der Waals surface area contributed by atoms with Crippen LogP contribution in [0.15, 0.2) is 53.1 Å². The molecule has 1 aromatic heterocycles. The maximum absolute atomic E-state index is 6.05. The number of nitrogens with two attached hydrogens (primary N) is 1. The highest BCUT2D eigenvalue weighted by Gasteiger charge is 2.18. The third kappa shape index (κ3) is 2.58. The molecule has 5 heteroatoms. The van der Waals surface area contributed by atoms with E-state index in [1.165, 1.54) is 0 Å². The smallest absolute Gasteiger partial charge is 0.230 e. The van der Waals surface area contributed by atoms with E-state index in [0.29, 0.717) is 10.7 Å². The van der Waals surface area contributed by atoms with Gasteiger partial charge in [-0.15, -0.1) is 0 Å². The lowest BCUT2D eigenvalue weighted by Gasteiger charge is -2.05. The molecule has 3 rings (SSSR count). The van der Waals surface area contributed by atoms with E-state index in [9.17, 15) is 0 Å². The Morgan fingerprint density at radius 2 is 1.86 bits per heavy atom. The molecule has 0 atom stereocenters. The Kier molecular flexibility index (Phi) is 3.54. The summed E-state index contributed by atoms with van der Waals surface area (Å²) in [6, 6.07) is 15.0. The van der Waals surface area contributed by atoms with Crippen LogP contribution in [0, 0.1) is 0 Å². The first-order valence-electron chi connectivity index (χ1n) is 6.34. The molecule has 106 valence electrons. The Hall–Kier alpha value is -2.46. The summed E-state index contributed by atoms with van der Waals surface area (Å²) >= 11 is 6.05. The van der Waals surface area contributed by atoms with Gasteiger partial charge in [0, 0.05) is 10.6 Å². The lowest BCUT2D eigenvalue weighted by Crippen LogP contribution is -1.89. The quantitative estimate of drug-likeness (QED) is 0.785. The number of aromatic nitrogens is 1. The van der Waals surface area contributed by atoms with Crippen molar-refractivity contribution in [3.05, 3.63) is 53.6 Å². The molecule has 1 heterocycles. The van der Waals surface area contributed by atoms with Crippen molar-refractivity contribution in [2.24, 2.45) is 0 Å². The van der Waals surface area contributed by atoms with E-state index in [2.05, 4.69) is 5.16 Å². The van der Waals surface area contributed by atoms with Crippen LogP contribution in [0.25, 0.3) is 22.4 Å². The van der Waals surface area contributed by atoms with Gasteiger partial charge in [-0.1, -0.05) is 41.0 Å². The van der Waals surface area contributed by atoms with Crippen molar-refractivity contribution in [1.82, 2.24) is 5.16 Å². The number of hydrogen-bond donors (Lipinski definition) is 1. The lowest BCUT2D eigenvalue weighted by atomic mass is 10.0. The number of hydrogen-bond acceptors (Lipinski definition) is 4. The first kappa shape index (κ1) is 13.5. The summed E-state index contributed by atoms with van der Waals surface area (Å²) in [4.78, 5) is 0. The number of nitrogens with zero attached hydrogens (tertiary/aromatic N) is 1. The zero-order chi connectivity index (χ0) is 14.8. The second-order valence-corrected chi connectivity index (χ2v) is 4.95. The minimum atomic E-state index is 0.259. The first-order chi connectivity index (χ1) is 10.2. The summed E-state index contributed by atoms with van der Waals surface area (Å²) in [6.07, 6.45) is 0. The van der Waals surface area contributed by atoms with Crippen LogP contribution in [-0.4, -0.2) is 12.3 Å². The van der Waals surface area contributed by atoms with E-state index in [1.54, 1.807) is 13.2 Å². The fourth-order valence-electron chi connectivity index (χ4n) is 2.19. The van der Waals surface area contributed by atoms with E-state index in [1.807, 2.05) is 42.5 Å². The summed E-state index contributed by atoms with van der Waals surface area (Å²) < 4.78 is 10.4. The normalized spacial score (nSPS) is 10.6. The number of ether oxygens (including phenoxy) is 1. The van der Waals surface area contributed by atoms with Crippen molar-refractivity contribution in [2.45, 2.75) is 0 Å². The third-order valence-corrected chi connectivity index (χ3v) is 3.41. The lowest BCUT2D eigenvalue weighted by molar-refractivity contribution is 0.415. The molecule has 2 N–H and O–H groups in total. The molecule has 2 aromatic carbocycles. The number of nitrogen functional groups attached to an aromatic ring is 1. The van der Waals surface area contributed by atoms with E-state index in [4.69, 9.17) is 26.6 Å². The molecule has 0 spiro atoms. The highest BCUT2D eigenvalue weighted by atomic mass is 35.5. The van der Waals surface area contributed by atoms with Gasteiger partial charge in [0.05, 0.1) is 12.7 Å². The number of methoxy groups -OCH3 is 1. The SMILES string of the molecule is COc1cccc(-c2noc(N)c2-c2cccc(Cl)c2)c1. The largest absolute Gasteiger partial charge is 0.497 e. The molecule has 21 heavy (non-hydrogen) atoms. The standard InChI is InChI=1S/C16H13ClN2O2/c1-20-13-7-3-5-11(9-13)15-14(16(18)21-19-15)10-4-2-6-12(17)8-10/h2-9H,18H2,1H3. The zero-order valence-electron chi connectivity index (χ0n) is 11.3. The van der Waals surface area contributed by atoms with Crippen molar-refractivity contribution >= 4 is 17.5 Å². The molecule has 0 aliphatic heterocycles. The number of anilines is 1. The second-order valence-electron chi connectivity index (χ2n) is 4.51. The summed E-state index contributed by atoms with van der Waals surface area (Å²) in [5.41, 5.74) is 9.04. The number of rotatable bonds is 3. The Morgan fingerprint density at radius 1 is 1.10 bits per heavy atom. The summed E-state index contributed by atoms with van der Waals surface area (Å²) in [6.45, 7) is 0. The maximum atomic E-state index is 6.05. The Bertz CT molecular complexity index is 783. The molecular formula is C16H13ClN2O2. The highest BCUT2D eigenvalue weighted by molar-refractivity contribution is 6.30. The molecule has 0 saturated heterocycles. The van der Waals surface area contributed by atoms with E-state index >= 15 is 0 Å². The van der Waals surface area contributed by atoms with Crippen LogP contribution in [0.3, 0.4) is 0 Å². The van der Waals surface area contributed by atoms with Crippen LogP contribution in [0.4, 0.5) is 5.88 Å². The molecule has 0 radical (unpaired) electrons. The second kappa shape index (κ2) is 5.50. The predicted molar refractivity (Wildman–Crippen MR) is 83.3 cm³/mol.